The molecule has 2 aromatic heterocycles. The van der Waals surface area contributed by atoms with E-state index in [0.29, 0.717) is 29.1 Å². The van der Waals surface area contributed by atoms with Crippen molar-refractivity contribution in [1.29, 1.82) is 0 Å². The molecule has 0 aliphatic carbocycles. The number of hydrogen-bond donors (Lipinski definition) is 1. The van der Waals surface area contributed by atoms with E-state index in [1.807, 2.05) is 30.3 Å². The molecule has 0 unspecified atom stereocenters. The third-order valence-electron chi connectivity index (χ3n) is 2.45. The van der Waals surface area contributed by atoms with Crippen molar-refractivity contribution >= 4 is 28.2 Å². The second-order valence-electron chi connectivity index (χ2n) is 3.95. The lowest BCUT2D eigenvalue weighted by atomic mass is 10.2. The minimum absolute atomic E-state index is 0.461. The summed E-state index contributed by atoms with van der Waals surface area (Å²) < 4.78 is 6.39. The molecule has 0 amide bonds. The Labute approximate surface area is 123 Å². The zero-order valence-corrected chi connectivity index (χ0v) is 12.0. The number of anilines is 1. The molecule has 0 spiro atoms. The van der Waals surface area contributed by atoms with Gasteiger partial charge in [-0.1, -0.05) is 53.4 Å². The largest absolute Gasteiger partial charge is 0.424 e. The van der Waals surface area contributed by atoms with E-state index in [2.05, 4.69) is 20.4 Å². The second kappa shape index (κ2) is 6.02. The number of nitrogens with two attached hydrogens (primary N) is 1. The lowest BCUT2D eigenvalue weighted by molar-refractivity contribution is 0.474. The molecule has 0 aliphatic heterocycles. The maximum atomic E-state index is 5.60. The van der Waals surface area contributed by atoms with Gasteiger partial charge in [0.25, 0.3) is 0 Å². The van der Waals surface area contributed by atoms with E-state index in [0.717, 1.165) is 9.90 Å². The number of nitrogens with zero attached hydrogens (tertiary/aromatic N) is 4. The first-order valence-corrected chi connectivity index (χ1v) is 7.67. The smallest absolute Gasteiger partial charge is 0.226 e. The van der Waals surface area contributed by atoms with Gasteiger partial charge >= 0.3 is 0 Å². The van der Waals surface area contributed by atoms with E-state index in [1.54, 1.807) is 0 Å². The number of aromatic nitrogens is 4. The van der Waals surface area contributed by atoms with E-state index >= 15 is 0 Å². The summed E-state index contributed by atoms with van der Waals surface area (Å²) in [6.45, 7) is 0. The highest BCUT2D eigenvalue weighted by Gasteiger charge is 2.09. The van der Waals surface area contributed by atoms with Crippen LogP contribution in [0.2, 0.25) is 0 Å². The molecule has 0 radical (unpaired) electrons. The lowest BCUT2D eigenvalue weighted by Crippen LogP contribution is -1.87. The Morgan fingerprint density at radius 1 is 1.05 bits per heavy atom. The predicted molar refractivity (Wildman–Crippen MR) is 77.4 cm³/mol. The zero-order chi connectivity index (χ0) is 13.8. The second-order valence-corrected chi connectivity index (χ2v) is 6.18. The van der Waals surface area contributed by atoms with E-state index in [1.165, 1.54) is 23.1 Å². The fraction of sp³-hybridized carbons (Fsp3) is 0.167. The lowest BCUT2D eigenvalue weighted by Gasteiger charge is -1.95. The van der Waals surface area contributed by atoms with Gasteiger partial charge in [0.15, 0.2) is 4.34 Å². The highest BCUT2D eigenvalue weighted by Crippen LogP contribution is 2.26. The summed E-state index contributed by atoms with van der Waals surface area (Å²) in [4.78, 5) is 0. The van der Waals surface area contributed by atoms with Crippen molar-refractivity contribution in [1.82, 2.24) is 20.4 Å². The van der Waals surface area contributed by atoms with Gasteiger partial charge in [0.1, 0.15) is 0 Å². The zero-order valence-electron chi connectivity index (χ0n) is 10.4. The Hall–Kier alpha value is -1.93. The maximum Gasteiger partial charge on any atom is 0.226 e. The van der Waals surface area contributed by atoms with Crippen molar-refractivity contribution in [2.75, 3.05) is 5.73 Å². The van der Waals surface area contributed by atoms with E-state index < -0.39 is 0 Å². The van der Waals surface area contributed by atoms with Crippen LogP contribution in [0.4, 0.5) is 5.13 Å². The van der Waals surface area contributed by atoms with Crippen LogP contribution in [-0.4, -0.2) is 20.4 Å². The Bertz CT molecular complexity index is 682. The summed E-state index contributed by atoms with van der Waals surface area (Å²) in [6.07, 6.45) is 0.643. The van der Waals surface area contributed by atoms with Crippen molar-refractivity contribution in [2.45, 2.75) is 16.5 Å². The molecule has 20 heavy (non-hydrogen) atoms. The number of rotatable bonds is 5. The molecular weight excluding hydrogens is 294 g/mol. The van der Waals surface area contributed by atoms with Crippen molar-refractivity contribution in [3.8, 4) is 0 Å². The van der Waals surface area contributed by atoms with Gasteiger partial charge in [0.05, 0.1) is 12.2 Å². The summed E-state index contributed by atoms with van der Waals surface area (Å²) in [5, 5.41) is 16.2. The summed E-state index contributed by atoms with van der Waals surface area (Å²) in [7, 11) is 0. The van der Waals surface area contributed by atoms with Crippen LogP contribution in [0.25, 0.3) is 0 Å². The molecule has 6 nitrogen and oxygen atoms in total. The Morgan fingerprint density at radius 2 is 1.85 bits per heavy atom. The van der Waals surface area contributed by atoms with Crippen LogP contribution in [0.15, 0.2) is 39.1 Å². The molecule has 0 aliphatic rings. The van der Waals surface area contributed by atoms with Gasteiger partial charge in [0, 0.05) is 0 Å². The van der Waals surface area contributed by atoms with Crippen molar-refractivity contribution in [2.24, 2.45) is 0 Å². The molecule has 8 heteroatoms. The number of thioether (sulfide) groups is 1. The van der Waals surface area contributed by atoms with Gasteiger partial charge in [-0.2, -0.15) is 0 Å². The average Bonchev–Trinajstić information content (AvgIpc) is 3.07. The topological polar surface area (TPSA) is 90.7 Å². The molecule has 0 bridgehead atoms. The maximum absolute atomic E-state index is 5.60. The van der Waals surface area contributed by atoms with Crippen molar-refractivity contribution < 1.29 is 4.42 Å². The number of nitrogen functional groups attached to an aromatic ring is 1. The molecule has 2 heterocycles. The Morgan fingerprint density at radius 3 is 2.60 bits per heavy atom. The monoisotopic (exact) mass is 305 g/mol. The average molecular weight is 305 g/mol. The third kappa shape index (κ3) is 3.34. The van der Waals surface area contributed by atoms with Crippen LogP contribution in [0, 0.1) is 0 Å². The van der Waals surface area contributed by atoms with Crippen LogP contribution < -0.4 is 5.73 Å². The summed E-state index contributed by atoms with van der Waals surface area (Å²) >= 11 is 2.83. The number of benzene rings is 1. The van der Waals surface area contributed by atoms with Crippen LogP contribution in [-0.2, 0) is 12.2 Å². The molecule has 0 saturated carbocycles. The van der Waals surface area contributed by atoms with Gasteiger partial charge in [-0.05, 0) is 5.56 Å². The van der Waals surface area contributed by atoms with Crippen molar-refractivity contribution in [3.63, 3.8) is 0 Å². The first-order valence-electron chi connectivity index (χ1n) is 5.86. The fourth-order valence-electron chi connectivity index (χ4n) is 1.59. The molecule has 3 aromatic rings. The van der Waals surface area contributed by atoms with Gasteiger partial charge in [0.2, 0.25) is 16.9 Å². The van der Waals surface area contributed by atoms with E-state index in [4.69, 9.17) is 10.2 Å². The van der Waals surface area contributed by atoms with E-state index in [9.17, 15) is 0 Å². The summed E-state index contributed by atoms with van der Waals surface area (Å²) in [5.41, 5.74) is 6.66. The molecule has 0 atom stereocenters. The Kier molecular flexibility index (Phi) is 3.93. The van der Waals surface area contributed by atoms with E-state index in [-0.39, 0.29) is 0 Å². The molecular formula is C12H11N5OS2. The standard InChI is InChI=1S/C12H11N5OS2/c13-11-16-17-12(20-11)19-7-10-15-14-9(18-10)6-8-4-2-1-3-5-8/h1-5H,6-7H2,(H2,13,16). The minimum atomic E-state index is 0.461. The molecule has 0 fully saturated rings. The molecule has 102 valence electrons. The van der Waals surface area contributed by atoms with Gasteiger partial charge in [-0.3, -0.25) is 0 Å². The fourth-order valence-corrected chi connectivity index (χ4v) is 3.06. The molecule has 3 rings (SSSR count). The predicted octanol–water partition coefficient (Wildman–Crippen LogP) is 2.39. The highest BCUT2D eigenvalue weighted by molar-refractivity contribution is 8.00. The van der Waals surface area contributed by atoms with Gasteiger partial charge in [-0.25, -0.2) is 0 Å². The van der Waals surface area contributed by atoms with Gasteiger partial charge < -0.3 is 10.2 Å². The SMILES string of the molecule is Nc1nnc(SCc2nnc(Cc3ccccc3)o2)s1. The molecule has 0 saturated heterocycles. The van der Waals surface area contributed by atoms with Gasteiger partial charge in [-0.15, -0.1) is 20.4 Å². The summed E-state index contributed by atoms with van der Waals surface area (Å²) in [6, 6.07) is 10.0. The Balaban J connectivity index is 1.59. The number of hydrogen-bond acceptors (Lipinski definition) is 8. The van der Waals surface area contributed by atoms with Crippen LogP contribution >= 0.6 is 23.1 Å². The minimum Gasteiger partial charge on any atom is -0.424 e. The highest BCUT2D eigenvalue weighted by atomic mass is 32.2. The summed E-state index contributed by atoms with van der Waals surface area (Å²) in [5.74, 6) is 1.76. The van der Waals surface area contributed by atoms with Crippen LogP contribution in [0.1, 0.15) is 17.3 Å². The molecule has 1 aromatic carbocycles. The third-order valence-corrected chi connectivity index (χ3v) is 4.32. The molecule has 2 N–H and O–H groups in total. The van der Waals surface area contributed by atoms with Crippen molar-refractivity contribution in [3.05, 3.63) is 47.7 Å². The normalized spacial score (nSPS) is 10.8. The van der Waals surface area contributed by atoms with Crippen LogP contribution in [0.5, 0.6) is 0 Å². The first-order chi connectivity index (χ1) is 9.79. The first kappa shape index (κ1) is 13.1. The van der Waals surface area contributed by atoms with Crippen LogP contribution in [0.3, 0.4) is 0 Å². The quantitative estimate of drug-likeness (QED) is 0.724.